The summed E-state index contributed by atoms with van der Waals surface area (Å²) in [5.41, 5.74) is -0.488. The van der Waals surface area contributed by atoms with Gasteiger partial charge in [-0.25, -0.2) is 13.1 Å². The van der Waals surface area contributed by atoms with E-state index in [0.29, 0.717) is 16.4 Å². The second-order valence-corrected chi connectivity index (χ2v) is 9.21. The molecule has 30 heavy (non-hydrogen) atoms. The molecule has 0 atom stereocenters. The summed E-state index contributed by atoms with van der Waals surface area (Å²) in [7, 11) is -4.15. The lowest BCUT2D eigenvalue weighted by atomic mass is 10.1. The molecule has 0 saturated carbocycles. The van der Waals surface area contributed by atoms with Gasteiger partial charge in [-0.15, -0.1) is 10.2 Å². The Hall–Kier alpha value is -2.54. The first-order valence-corrected chi connectivity index (χ1v) is 10.8. The third-order valence-corrected chi connectivity index (χ3v) is 6.54. The molecule has 3 rings (SSSR count). The average molecular weight is 477 g/mol. The molecule has 1 amide bonds. The quantitative estimate of drug-likeness (QED) is 0.525. The molecule has 7 nitrogen and oxygen atoms in total. The number of aromatic nitrogens is 2. The van der Waals surface area contributed by atoms with Crippen molar-refractivity contribution in [1.29, 1.82) is 0 Å². The highest BCUT2D eigenvalue weighted by atomic mass is 35.5. The van der Waals surface area contributed by atoms with Crippen LogP contribution in [0.5, 0.6) is 0 Å². The lowest BCUT2D eigenvalue weighted by Crippen LogP contribution is -2.23. The minimum absolute atomic E-state index is 0.0607. The van der Waals surface area contributed by atoms with E-state index in [0.717, 1.165) is 12.1 Å². The van der Waals surface area contributed by atoms with E-state index in [1.54, 1.807) is 0 Å². The summed E-state index contributed by atoms with van der Waals surface area (Å²) in [6, 6.07) is 10.3. The molecule has 0 fully saturated rings. The van der Waals surface area contributed by atoms with E-state index in [2.05, 4.69) is 20.2 Å². The molecule has 2 aromatic carbocycles. The van der Waals surface area contributed by atoms with E-state index in [4.69, 9.17) is 11.6 Å². The number of alkyl halides is 3. The van der Waals surface area contributed by atoms with Gasteiger partial charge in [0.2, 0.25) is 9.47 Å². The Kier molecular flexibility index (Phi) is 6.41. The van der Waals surface area contributed by atoms with Crippen LogP contribution >= 0.6 is 22.9 Å². The number of carbonyl (C=O) groups is 1. The van der Waals surface area contributed by atoms with Gasteiger partial charge >= 0.3 is 6.18 Å². The Morgan fingerprint density at radius 1 is 1.10 bits per heavy atom. The molecule has 0 spiro atoms. The number of halogens is 4. The zero-order valence-electron chi connectivity index (χ0n) is 14.8. The largest absolute Gasteiger partial charge is 0.416 e. The molecule has 0 unspecified atom stereocenters. The summed E-state index contributed by atoms with van der Waals surface area (Å²) in [6.07, 6.45) is -4.54. The van der Waals surface area contributed by atoms with Crippen LogP contribution in [-0.2, 0) is 22.7 Å². The van der Waals surface area contributed by atoms with Crippen molar-refractivity contribution in [1.82, 2.24) is 14.9 Å². The monoisotopic (exact) mass is 476 g/mol. The molecule has 158 valence electrons. The van der Waals surface area contributed by atoms with Crippen LogP contribution < -0.4 is 10.0 Å². The fourth-order valence-corrected chi connectivity index (χ4v) is 4.32. The van der Waals surface area contributed by atoms with E-state index < -0.39 is 32.0 Å². The molecule has 1 aromatic heterocycles. The molecular formula is C17H12ClF3N4O3S2. The molecule has 0 aliphatic heterocycles. The van der Waals surface area contributed by atoms with Crippen LogP contribution in [0.2, 0.25) is 5.02 Å². The number of carbonyl (C=O) groups excluding carboxylic acids is 1. The molecule has 3 aromatic rings. The Bertz CT molecular complexity index is 1170. The lowest BCUT2D eigenvalue weighted by molar-refractivity contribution is -0.137. The second-order valence-electron chi connectivity index (χ2n) is 5.86. The van der Waals surface area contributed by atoms with Crippen molar-refractivity contribution in [3.05, 3.63) is 70.2 Å². The van der Waals surface area contributed by atoms with Crippen LogP contribution in [0.1, 0.15) is 21.5 Å². The highest BCUT2D eigenvalue weighted by Gasteiger charge is 2.30. The first kappa shape index (κ1) is 22.2. The summed E-state index contributed by atoms with van der Waals surface area (Å²) in [5, 5.41) is 9.93. The van der Waals surface area contributed by atoms with Gasteiger partial charge < -0.3 is 0 Å². The Labute approximate surface area is 178 Å². The molecule has 13 heteroatoms. The van der Waals surface area contributed by atoms with Gasteiger partial charge in [-0.05, 0) is 35.9 Å². The van der Waals surface area contributed by atoms with Gasteiger partial charge in [0.15, 0.2) is 0 Å². The average Bonchev–Trinajstić information content (AvgIpc) is 3.16. The predicted molar refractivity (Wildman–Crippen MR) is 105 cm³/mol. The number of amides is 1. The number of nitrogens with zero attached hydrogens (tertiary/aromatic N) is 2. The van der Waals surface area contributed by atoms with Crippen LogP contribution in [-0.4, -0.2) is 24.5 Å². The van der Waals surface area contributed by atoms with Crippen LogP contribution in [0.3, 0.4) is 0 Å². The van der Waals surface area contributed by atoms with Crippen molar-refractivity contribution in [2.45, 2.75) is 17.1 Å². The molecule has 0 aliphatic rings. The minimum atomic E-state index is -4.54. The zero-order chi connectivity index (χ0) is 21.9. The molecular weight excluding hydrogens is 465 g/mol. The number of benzene rings is 2. The van der Waals surface area contributed by atoms with Gasteiger partial charge in [-0.1, -0.05) is 41.1 Å². The van der Waals surface area contributed by atoms with E-state index in [1.165, 1.54) is 36.4 Å². The fraction of sp³-hybridized carbons (Fsp3) is 0.118. The maximum absolute atomic E-state index is 12.8. The number of nitrogens with one attached hydrogen (secondary N) is 2. The van der Waals surface area contributed by atoms with Gasteiger partial charge in [-0.3, -0.25) is 10.1 Å². The van der Waals surface area contributed by atoms with Gasteiger partial charge in [0, 0.05) is 17.1 Å². The third-order valence-electron chi connectivity index (χ3n) is 3.68. The maximum Gasteiger partial charge on any atom is 0.416 e. The maximum atomic E-state index is 12.8. The van der Waals surface area contributed by atoms with Gasteiger partial charge in [0.05, 0.1) is 5.56 Å². The number of rotatable bonds is 6. The van der Waals surface area contributed by atoms with Crippen molar-refractivity contribution < 1.29 is 26.4 Å². The summed E-state index contributed by atoms with van der Waals surface area (Å²) in [4.78, 5) is 12.1. The lowest BCUT2D eigenvalue weighted by Gasteiger charge is -2.09. The highest BCUT2D eigenvalue weighted by molar-refractivity contribution is 7.91. The molecule has 0 saturated heterocycles. The number of anilines is 1. The summed E-state index contributed by atoms with van der Waals surface area (Å²) in [6.45, 7) is -0.377. The van der Waals surface area contributed by atoms with Crippen LogP contribution in [0.15, 0.2) is 52.9 Å². The van der Waals surface area contributed by atoms with Gasteiger partial charge in [0.1, 0.15) is 0 Å². The normalized spacial score (nSPS) is 12.0. The second kappa shape index (κ2) is 8.68. The van der Waals surface area contributed by atoms with Gasteiger partial charge in [-0.2, -0.15) is 13.2 Å². The smallest absolute Gasteiger partial charge is 0.296 e. The molecule has 0 aliphatic carbocycles. The Morgan fingerprint density at radius 2 is 1.80 bits per heavy atom. The van der Waals surface area contributed by atoms with Crippen molar-refractivity contribution in [3.63, 3.8) is 0 Å². The zero-order valence-corrected chi connectivity index (χ0v) is 17.2. The van der Waals surface area contributed by atoms with Crippen molar-refractivity contribution in [2.24, 2.45) is 0 Å². The van der Waals surface area contributed by atoms with Crippen LogP contribution in [0, 0.1) is 0 Å². The summed E-state index contributed by atoms with van der Waals surface area (Å²) < 4.78 is 64.7. The van der Waals surface area contributed by atoms with E-state index in [1.807, 2.05) is 0 Å². The fourth-order valence-electron chi connectivity index (χ4n) is 2.24. The van der Waals surface area contributed by atoms with Crippen molar-refractivity contribution in [3.8, 4) is 0 Å². The minimum Gasteiger partial charge on any atom is -0.296 e. The number of hydrogen-bond acceptors (Lipinski definition) is 6. The molecule has 0 bridgehead atoms. The first-order chi connectivity index (χ1) is 14.0. The van der Waals surface area contributed by atoms with E-state index >= 15 is 0 Å². The van der Waals surface area contributed by atoms with Crippen molar-refractivity contribution >= 4 is 44.0 Å². The van der Waals surface area contributed by atoms with Gasteiger partial charge in [0.25, 0.3) is 15.9 Å². The third kappa shape index (κ3) is 5.53. The summed E-state index contributed by atoms with van der Waals surface area (Å²) >= 11 is 6.35. The topological polar surface area (TPSA) is 101 Å². The highest BCUT2D eigenvalue weighted by Crippen LogP contribution is 2.29. The van der Waals surface area contributed by atoms with E-state index in [9.17, 15) is 26.4 Å². The number of hydrogen-bond donors (Lipinski definition) is 2. The Balaban J connectivity index is 1.67. The molecule has 2 N–H and O–H groups in total. The summed E-state index contributed by atoms with van der Waals surface area (Å²) in [5.74, 6) is -0.538. The SMILES string of the molecule is O=C(Nc1nnc(S(=O)(=O)NCc2cccc(C(F)(F)F)c2)s1)c1ccc(Cl)cc1. The van der Waals surface area contributed by atoms with E-state index in [-0.39, 0.29) is 22.8 Å². The van der Waals surface area contributed by atoms with Crippen LogP contribution in [0.4, 0.5) is 18.3 Å². The molecule has 1 heterocycles. The first-order valence-electron chi connectivity index (χ1n) is 8.11. The standard InChI is InChI=1S/C17H12ClF3N4O3S2/c18-13-6-4-11(5-7-13)14(26)23-15-24-25-16(29-15)30(27,28)22-9-10-2-1-3-12(8-10)17(19,20)21/h1-8,22H,9H2,(H,23,24,26). The van der Waals surface area contributed by atoms with Crippen LogP contribution in [0.25, 0.3) is 0 Å². The Morgan fingerprint density at radius 3 is 2.47 bits per heavy atom. The number of sulfonamides is 1. The molecule has 0 radical (unpaired) electrons. The predicted octanol–water partition coefficient (Wildman–Crippen LogP) is 3.94. The van der Waals surface area contributed by atoms with Crippen molar-refractivity contribution in [2.75, 3.05) is 5.32 Å².